The molecule has 0 saturated carbocycles. The van der Waals surface area contributed by atoms with Crippen LogP contribution in [0.3, 0.4) is 0 Å². The maximum absolute atomic E-state index is 13.5. The first-order chi connectivity index (χ1) is 18.5. The molecular formula is C32H35NO6. The quantitative estimate of drug-likeness (QED) is 0.384. The normalized spacial score (nSPS) is 22.5. The first kappa shape index (κ1) is 27.1. The van der Waals surface area contributed by atoms with Gasteiger partial charge in [-0.1, -0.05) is 91.0 Å². The van der Waals surface area contributed by atoms with E-state index in [9.17, 15) is 9.59 Å². The summed E-state index contributed by atoms with van der Waals surface area (Å²) in [6.07, 6.45) is -2.38. The van der Waals surface area contributed by atoms with Gasteiger partial charge in [0.2, 0.25) is 0 Å². The van der Waals surface area contributed by atoms with E-state index in [-0.39, 0.29) is 6.61 Å². The van der Waals surface area contributed by atoms with Crippen molar-refractivity contribution < 1.29 is 28.5 Å². The molecule has 0 radical (unpaired) electrons. The SMILES string of the molecule is CC(C)(C)OC(=O)N1C(=O)[C@@H]2OC(C)(C)O[C@@H]2[C@H]1COC(c1ccccc1)(c1ccccc1)c1ccccc1. The van der Waals surface area contributed by atoms with Gasteiger partial charge in [-0.15, -0.1) is 0 Å². The van der Waals surface area contributed by atoms with Gasteiger partial charge in [0.05, 0.1) is 12.6 Å². The molecule has 0 unspecified atom stereocenters. The summed E-state index contributed by atoms with van der Waals surface area (Å²) < 4.78 is 24.7. The molecule has 0 aliphatic carbocycles. The number of rotatable bonds is 6. The minimum atomic E-state index is -1.03. The maximum atomic E-state index is 13.5. The molecule has 0 N–H and O–H groups in total. The Balaban J connectivity index is 1.59. The van der Waals surface area contributed by atoms with Crippen LogP contribution in [0.1, 0.15) is 51.3 Å². The number of imide groups is 1. The van der Waals surface area contributed by atoms with Gasteiger partial charge in [0.25, 0.3) is 5.91 Å². The molecule has 2 amide bonds. The van der Waals surface area contributed by atoms with E-state index in [1.54, 1.807) is 34.6 Å². The third kappa shape index (κ3) is 5.22. The molecule has 0 aromatic heterocycles. The van der Waals surface area contributed by atoms with E-state index in [0.29, 0.717) is 0 Å². The van der Waals surface area contributed by atoms with Crippen molar-refractivity contribution in [3.05, 3.63) is 108 Å². The highest BCUT2D eigenvalue weighted by Gasteiger charge is 2.60. The van der Waals surface area contributed by atoms with Crippen molar-refractivity contribution in [2.24, 2.45) is 0 Å². The highest BCUT2D eigenvalue weighted by Crippen LogP contribution is 2.43. The van der Waals surface area contributed by atoms with Gasteiger partial charge in [-0.05, 0) is 51.3 Å². The molecule has 3 aromatic rings. The predicted molar refractivity (Wildman–Crippen MR) is 146 cm³/mol. The van der Waals surface area contributed by atoms with E-state index in [0.717, 1.165) is 21.6 Å². The van der Waals surface area contributed by atoms with Crippen molar-refractivity contribution in [3.8, 4) is 0 Å². The lowest BCUT2D eigenvalue weighted by atomic mass is 9.80. The molecule has 0 spiro atoms. The smallest absolute Gasteiger partial charge is 0.417 e. The zero-order valence-corrected chi connectivity index (χ0v) is 23.0. The second-order valence-corrected chi connectivity index (χ2v) is 11.4. The molecule has 0 bridgehead atoms. The lowest BCUT2D eigenvalue weighted by molar-refractivity contribution is -0.175. The van der Waals surface area contributed by atoms with Gasteiger partial charge in [-0.25, -0.2) is 9.69 Å². The van der Waals surface area contributed by atoms with E-state index in [2.05, 4.69) is 0 Å². The number of ether oxygens (including phenoxy) is 4. The largest absolute Gasteiger partial charge is 0.443 e. The Kier molecular flexibility index (Phi) is 7.10. The molecule has 204 valence electrons. The lowest BCUT2D eigenvalue weighted by Gasteiger charge is -2.38. The average Bonchev–Trinajstić information content (AvgIpc) is 3.35. The van der Waals surface area contributed by atoms with Crippen molar-refractivity contribution in [2.75, 3.05) is 6.61 Å². The number of likely N-dealkylation sites (tertiary alicyclic amines) is 1. The molecule has 2 aliphatic rings. The fraction of sp³-hybridized carbons (Fsp3) is 0.375. The topological polar surface area (TPSA) is 74.3 Å². The van der Waals surface area contributed by atoms with Crippen LogP contribution in [-0.4, -0.2) is 53.1 Å². The zero-order chi connectivity index (χ0) is 27.8. The molecule has 3 atom stereocenters. The minimum Gasteiger partial charge on any atom is -0.443 e. The molecule has 39 heavy (non-hydrogen) atoms. The molecule has 2 fully saturated rings. The number of carbonyl (C=O) groups excluding carboxylic acids is 2. The fourth-order valence-electron chi connectivity index (χ4n) is 5.39. The van der Waals surface area contributed by atoms with Gasteiger partial charge in [-0.3, -0.25) is 4.79 Å². The summed E-state index contributed by atoms with van der Waals surface area (Å²) in [5.41, 5.74) is 0.922. The maximum Gasteiger partial charge on any atom is 0.417 e. The van der Waals surface area contributed by atoms with Crippen molar-refractivity contribution in [3.63, 3.8) is 0 Å². The van der Waals surface area contributed by atoms with Gasteiger partial charge in [0.1, 0.15) is 17.3 Å². The van der Waals surface area contributed by atoms with Crippen LogP contribution in [0.15, 0.2) is 91.0 Å². The van der Waals surface area contributed by atoms with Crippen LogP contribution in [0.5, 0.6) is 0 Å². The summed E-state index contributed by atoms with van der Waals surface area (Å²) in [5.74, 6) is -1.46. The van der Waals surface area contributed by atoms with Gasteiger partial charge in [-0.2, -0.15) is 0 Å². The van der Waals surface area contributed by atoms with E-state index in [1.807, 2.05) is 91.0 Å². The van der Waals surface area contributed by atoms with Crippen LogP contribution in [-0.2, 0) is 29.3 Å². The first-order valence-electron chi connectivity index (χ1n) is 13.2. The molecule has 7 heteroatoms. The highest BCUT2D eigenvalue weighted by atomic mass is 16.8. The minimum absolute atomic E-state index is 0.00965. The van der Waals surface area contributed by atoms with Crippen LogP contribution in [0.2, 0.25) is 0 Å². The monoisotopic (exact) mass is 529 g/mol. The van der Waals surface area contributed by atoms with Crippen LogP contribution < -0.4 is 0 Å². The number of hydrogen-bond acceptors (Lipinski definition) is 6. The fourth-order valence-corrected chi connectivity index (χ4v) is 5.39. The summed E-state index contributed by atoms with van der Waals surface area (Å²) in [5, 5.41) is 0. The first-order valence-corrected chi connectivity index (χ1v) is 13.2. The predicted octanol–water partition coefficient (Wildman–Crippen LogP) is 5.66. The van der Waals surface area contributed by atoms with Crippen LogP contribution in [0, 0.1) is 0 Å². The van der Waals surface area contributed by atoms with Crippen LogP contribution >= 0.6 is 0 Å². The summed E-state index contributed by atoms with van der Waals surface area (Å²) in [4.78, 5) is 27.9. The lowest BCUT2D eigenvalue weighted by Crippen LogP contribution is -2.49. The number of benzene rings is 3. The van der Waals surface area contributed by atoms with Gasteiger partial charge in [0.15, 0.2) is 11.9 Å². The van der Waals surface area contributed by atoms with E-state index in [4.69, 9.17) is 18.9 Å². The zero-order valence-electron chi connectivity index (χ0n) is 23.0. The van der Waals surface area contributed by atoms with Gasteiger partial charge < -0.3 is 18.9 Å². The number of fused-ring (bicyclic) bond motifs is 1. The number of carbonyl (C=O) groups is 2. The summed E-state index contributed by atoms with van der Waals surface area (Å²) >= 11 is 0. The Morgan fingerprint density at radius 3 is 1.72 bits per heavy atom. The number of hydrogen-bond donors (Lipinski definition) is 0. The Hall–Kier alpha value is -3.52. The molecule has 3 aromatic carbocycles. The standard InChI is InChI=1S/C32H35NO6/c1-30(2,3)39-29(35)33-25(26-27(28(33)34)38-31(4,5)37-26)21-36-32(22-15-9-6-10-16-22,23-17-11-7-12-18-23)24-19-13-8-14-20-24/h6-20,25-27H,21H2,1-5H3/t25-,26-,27-/m1/s1. The Morgan fingerprint density at radius 2 is 1.28 bits per heavy atom. The van der Waals surface area contributed by atoms with E-state index in [1.165, 1.54) is 0 Å². The third-order valence-corrected chi connectivity index (χ3v) is 6.92. The summed E-state index contributed by atoms with van der Waals surface area (Å²) in [7, 11) is 0. The van der Waals surface area contributed by atoms with Crippen molar-refractivity contribution >= 4 is 12.0 Å². The number of nitrogens with zero attached hydrogens (tertiary/aromatic N) is 1. The van der Waals surface area contributed by atoms with E-state index < -0.39 is 47.2 Å². The molecule has 7 nitrogen and oxygen atoms in total. The molecule has 2 heterocycles. The molecule has 2 saturated heterocycles. The summed E-state index contributed by atoms with van der Waals surface area (Å²) in [6.45, 7) is 8.80. The van der Waals surface area contributed by atoms with E-state index >= 15 is 0 Å². The van der Waals surface area contributed by atoms with Gasteiger partial charge >= 0.3 is 6.09 Å². The molecule has 5 rings (SSSR count). The van der Waals surface area contributed by atoms with Crippen molar-refractivity contribution in [1.82, 2.24) is 4.90 Å². The second kappa shape index (κ2) is 10.2. The van der Waals surface area contributed by atoms with Crippen LogP contribution in [0.25, 0.3) is 0 Å². The Labute approximate surface area is 229 Å². The Morgan fingerprint density at radius 1 is 0.821 bits per heavy atom. The van der Waals surface area contributed by atoms with Crippen molar-refractivity contribution in [1.29, 1.82) is 0 Å². The highest BCUT2D eigenvalue weighted by molar-refractivity contribution is 5.98. The van der Waals surface area contributed by atoms with Crippen molar-refractivity contribution in [2.45, 2.75) is 69.9 Å². The molecular weight excluding hydrogens is 494 g/mol. The third-order valence-electron chi connectivity index (χ3n) is 6.92. The number of amides is 2. The Bertz CT molecular complexity index is 1210. The average molecular weight is 530 g/mol. The summed E-state index contributed by atoms with van der Waals surface area (Å²) in [6, 6.07) is 29.1. The van der Waals surface area contributed by atoms with Crippen LogP contribution in [0.4, 0.5) is 4.79 Å². The second-order valence-electron chi connectivity index (χ2n) is 11.4. The van der Waals surface area contributed by atoms with Gasteiger partial charge in [0, 0.05) is 0 Å². The molecule has 2 aliphatic heterocycles.